The van der Waals surface area contributed by atoms with Crippen LogP contribution in [0.15, 0.2) is 35.0 Å². The number of rotatable bonds is 7. The highest BCUT2D eigenvalue weighted by Crippen LogP contribution is 2.22. The lowest BCUT2D eigenvalue weighted by Crippen LogP contribution is -2.48. The van der Waals surface area contributed by atoms with Crippen LogP contribution in [0.5, 0.6) is 5.75 Å². The Hall–Kier alpha value is -2.38. The van der Waals surface area contributed by atoms with Gasteiger partial charge in [0.25, 0.3) is 5.91 Å². The van der Waals surface area contributed by atoms with E-state index in [0.717, 1.165) is 25.4 Å². The highest BCUT2D eigenvalue weighted by molar-refractivity contribution is 7.08. The quantitative estimate of drug-likeness (QED) is 0.775. The summed E-state index contributed by atoms with van der Waals surface area (Å²) in [5.74, 6) is 0.884. The van der Waals surface area contributed by atoms with Crippen LogP contribution in [0.3, 0.4) is 0 Å². The molecule has 1 aliphatic rings. The van der Waals surface area contributed by atoms with Crippen LogP contribution >= 0.6 is 11.3 Å². The normalized spacial score (nSPS) is 14.7. The lowest BCUT2D eigenvalue weighted by molar-refractivity contribution is -0.132. The van der Waals surface area contributed by atoms with E-state index in [4.69, 9.17) is 4.74 Å². The van der Waals surface area contributed by atoms with E-state index in [1.165, 1.54) is 22.5 Å². The molecule has 3 rings (SSSR count). The summed E-state index contributed by atoms with van der Waals surface area (Å²) in [5, 5.41) is 6.48. The minimum absolute atomic E-state index is 0.0957. The molecular weight excluding hydrogens is 374 g/mol. The standard InChI is InChI=1S/C21H27N3O3S/c1-16-3-4-19(27-2)18(13-16)14-23-8-10-24(11-9-23)20(25)5-7-22-21(26)17-6-12-28-15-17/h3-4,6,12-13,15H,5,7-11,14H2,1-2H3,(H,22,26). The molecule has 0 aliphatic carbocycles. The molecule has 1 saturated heterocycles. The molecule has 0 radical (unpaired) electrons. The van der Waals surface area contributed by atoms with Gasteiger partial charge in [0, 0.05) is 62.2 Å². The fraction of sp³-hybridized carbons (Fsp3) is 0.429. The van der Waals surface area contributed by atoms with Crippen LogP contribution in [-0.2, 0) is 11.3 Å². The van der Waals surface area contributed by atoms with Gasteiger partial charge in [-0.3, -0.25) is 14.5 Å². The lowest BCUT2D eigenvalue weighted by atomic mass is 10.1. The van der Waals surface area contributed by atoms with E-state index in [1.54, 1.807) is 18.6 Å². The van der Waals surface area contributed by atoms with Crippen molar-refractivity contribution in [2.45, 2.75) is 19.9 Å². The van der Waals surface area contributed by atoms with E-state index < -0.39 is 0 Å². The zero-order valence-corrected chi connectivity index (χ0v) is 17.3. The Morgan fingerprint density at radius 3 is 2.64 bits per heavy atom. The summed E-state index contributed by atoms with van der Waals surface area (Å²) in [5.41, 5.74) is 3.05. The summed E-state index contributed by atoms with van der Waals surface area (Å²) in [6.45, 7) is 6.37. The third-order valence-corrected chi connectivity index (χ3v) is 5.65. The Balaban J connectivity index is 1.41. The van der Waals surface area contributed by atoms with Crippen molar-refractivity contribution in [3.63, 3.8) is 0 Å². The van der Waals surface area contributed by atoms with Gasteiger partial charge in [0.1, 0.15) is 5.75 Å². The summed E-state index contributed by atoms with van der Waals surface area (Å²) in [6, 6.07) is 8.00. The number of nitrogens with zero attached hydrogens (tertiary/aromatic N) is 2. The van der Waals surface area contributed by atoms with Crippen molar-refractivity contribution < 1.29 is 14.3 Å². The summed E-state index contributed by atoms with van der Waals surface area (Å²) in [6.07, 6.45) is 0.335. The molecule has 150 valence electrons. The van der Waals surface area contributed by atoms with E-state index in [-0.39, 0.29) is 11.8 Å². The topological polar surface area (TPSA) is 61.9 Å². The third kappa shape index (κ3) is 5.33. The molecule has 0 atom stereocenters. The maximum Gasteiger partial charge on any atom is 0.252 e. The number of aryl methyl sites for hydroxylation is 1. The number of hydrogen-bond donors (Lipinski definition) is 1. The van der Waals surface area contributed by atoms with Crippen molar-refractivity contribution >= 4 is 23.2 Å². The fourth-order valence-corrected chi connectivity index (χ4v) is 4.00. The van der Waals surface area contributed by atoms with Crippen molar-refractivity contribution in [1.82, 2.24) is 15.1 Å². The fourth-order valence-electron chi connectivity index (χ4n) is 3.36. The largest absolute Gasteiger partial charge is 0.496 e. The molecule has 0 spiro atoms. The highest BCUT2D eigenvalue weighted by atomic mass is 32.1. The Kier molecular flexibility index (Phi) is 7.06. The van der Waals surface area contributed by atoms with Crippen LogP contribution in [0.1, 0.15) is 27.9 Å². The molecule has 6 nitrogen and oxygen atoms in total. The number of amides is 2. The molecule has 1 aromatic carbocycles. The highest BCUT2D eigenvalue weighted by Gasteiger charge is 2.21. The predicted molar refractivity (Wildman–Crippen MR) is 111 cm³/mol. The van der Waals surface area contributed by atoms with Crippen LogP contribution in [0.2, 0.25) is 0 Å². The first-order valence-electron chi connectivity index (χ1n) is 9.51. The number of carbonyl (C=O) groups excluding carboxylic acids is 2. The Bertz CT molecular complexity index is 799. The molecule has 1 fully saturated rings. The van der Waals surface area contributed by atoms with E-state index in [9.17, 15) is 9.59 Å². The first kappa shape index (κ1) is 20.4. The van der Waals surface area contributed by atoms with Crippen LogP contribution in [0.4, 0.5) is 0 Å². The molecule has 28 heavy (non-hydrogen) atoms. The van der Waals surface area contributed by atoms with Gasteiger partial charge >= 0.3 is 0 Å². The average molecular weight is 402 g/mol. The van der Waals surface area contributed by atoms with E-state index in [0.29, 0.717) is 31.6 Å². The van der Waals surface area contributed by atoms with Gasteiger partial charge in [0.2, 0.25) is 5.91 Å². The Labute approximate surface area is 170 Å². The first-order chi connectivity index (χ1) is 13.6. The summed E-state index contributed by atoms with van der Waals surface area (Å²) < 4.78 is 5.47. The second-order valence-corrected chi connectivity index (χ2v) is 7.77. The second-order valence-electron chi connectivity index (χ2n) is 6.99. The van der Waals surface area contributed by atoms with E-state index in [2.05, 4.69) is 29.3 Å². The van der Waals surface area contributed by atoms with Gasteiger partial charge < -0.3 is 15.0 Å². The molecule has 0 bridgehead atoms. The monoisotopic (exact) mass is 401 g/mol. The number of hydrogen-bond acceptors (Lipinski definition) is 5. The number of ether oxygens (including phenoxy) is 1. The number of carbonyl (C=O) groups is 2. The second kappa shape index (κ2) is 9.71. The first-order valence-corrected chi connectivity index (χ1v) is 10.4. The molecule has 2 aromatic rings. The zero-order chi connectivity index (χ0) is 19.9. The summed E-state index contributed by atoms with van der Waals surface area (Å²) in [4.78, 5) is 28.6. The number of nitrogens with one attached hydrogen (secondary N) is 1. The molecule has 0 saturated carbocycles. The molecular formula is C21H27N3O3S. The smallest absolute Gasteiger partial charge is 0.252 e. The number of piperazine rings is 1. The van der Waals surface area contributed by atoms with Gasteiger partial charge in [0.15, 0.2) is 0 Å². The summed E-state index contributed by atoms with van der Waals surface area (Å²) in [7, 11) is 1.70. The average Bonchev–Trinajstić information content (AvgIpc) is 3.23. The molecule has 1 N–H and O–H groups in total. The molecule has 7 heteroatoms. The number of methoxy groups -OCH3 is 1. The lowest BCUT2D eigenvalue weighted by Gasteiger charge is -2.35. The molecule has 2 heterocycles. The molecule has 0 unspecified atom stereocenters. The summed E-state index contributed by atoms with van der Waals surface area (Å²) >= 11 is 1.49. The van der Waals surface area contributed by atoms with Gasteiger partial charge in [-0.25, -0.2) is 0 Å². The van der Waals surface area contributed by atoms with Gasteiger partial charge in [0.05, 0.1) is 7.11 Å². The van der Waals surface area contributed by atoms with Crippen LogP contribution in [0, 0.1) is 6.92 Å². The molecule has 2 amide bonds. The van der Waals surface area contributed by atoms with Gasteiger partial charge in [-0.2, -0.15) is 11.3 Å². The number of benzene rings is 1. The minimum Gasteiger partial charge on any atom is -0.496 e. The SMILES string of the molecule is COc1ccc(C)cc1CN1CCN(C(=O)CCNC(=O)c2ccsc2)CC1. The Morgan fingerprint density at radius 1 is 1.18 bits per heavy atom. The van der Waals surface area contributed by atoms with Gasteiger partial charge in [-0.1, -0.05) is 17.7 Å². The maximum absolute atomic E-state index is 12.4. The van der Waals surface area contributed by atoms with Gasteiger partial charge in [-0.05, 0) is 24.4 Å². The van der Waals surface area contributed by atoms with Crippen LogP contribution < -0.4 is 10.1 Å². The van der Waals surface area contributed by atoms with Crippen molar-refractivity contribution in [1.29, 1.82) is 0 Å². The molecule has 1 aromatic heterocycles. The van der Waals surface area contributed by atoms with Crippen molar-refractivity contribution in [2.75, 3.05) is 39.8 Å². The van der Waals surface area contributed by atoms with Crippen molar-refractivity contribution in [3.05, 3.63) is 51.7 Å². The van der Waals surface area contributed by atoms with Crippen molar-refractivity contribution in [3.8, 4) is 5.75 Å². The van der Waals surface area contributed by atoms with Crippen molar-refractivity contribution in [2.24, 2.45) is 0 Å². The van der Waals surface area contributed by atoms with Crippen LogP contribution in [0.25, 0.3) is 0 Å². The minimum atomic E-state index is -0.119. The zero-order valence-electron chi connectivity index (χ0n) is 16.4. The maximum atomic E-state index is 12.4. The molecule has 1 aliphatic heterocycles. The van der Waals surface area contributed by atoms with E-state index >= 15 is 0 Å². The number of thiophene rings is 1. The predicted octanol–water partition coefficient (Wildman–Crippen LogP) is 2.53. The Morgan fingerprint density at radius 2 is 1.96 bits per heavy atom. The van der Waals surface area contributed by atoms with Gasteiger partial charge in [-0.15, -0.1) is 0 Å². The van der Waals surface area contributed by atoms with E-state index in [1.807, 2.05) is 16.3 Å². The van der Waals surface area contributed by atoms with Crippen LogP contribution in [-0.4, -0.2) is 61.4 Å². The third-order valence-electron chi connectivity index (χ3n) is 4.96.